The number of anilines is 1. The maximum atomic E-state index is 12.1. The highest BCUT2D eigenvalue weighted by Gasteiger charge is 2.16. The van der Waals surface area contributed by atoms with Crippen molar-refractivity contribution < 1.29 is 4.79 Å². The molecule has 0 unspecified atom stereocenters. The smallest absolute Gasteiger partial charge is 0.257 e. The molecule has 0 saturated heterocycles. The fourth-order valence-electron chi connectivity index (χ4n) is 2.12. The van der Waals surface area contributed by atoms with Crippen LogP contribution in [0.25, 0.3) is 10.2 Å². The van der Waals surface area contributed by atoms with Crippen molar-refractivity contribution in [1.29, 1.82) is 0 Å². The lowest BCUT2D eigenvalue weighted by Crippen LogP contribution is -2.11. The van der Waals surface area contributed by atoms with E-state index in [0.29, 0.717) is 10.7 Å². The van der Waals surface area contributed by atoms with Crippen molar-refractivity contribution in [1.82, 2.24) is 9.97 Å². The summed E-state index contributed by atoms with van der Waals surface area (Å²) in [6.07, 6.45) is 3.20. The highest BCUT2D eigenvalue weighted by atomic mass is 32.1. The number of benzene rings is 1. The summed E-state index contributed by atoms with van der Waals surface area (Å²) >= 11 is 1.49. The zero-order valence-electron chi connectivity index (χ0n) is 12.8. The van der Waals surface area contributed by atoms with Crippen LogP contribution in [0.4, 0.5) is 5.13 Å². The zero-order chi connectivity index (χ0) is 15.7. The molecule has 112 valence electrons. The highest BCUT2D eigenvalue weighted by Crippen LogP contribution is 2.31. The Balaban J connectivity index is 1.88. The highest BCUT2D eigenvalue weighted by molar-refractivity contribution is 7.22. The molecule has 0 aliphatic rings. The average Bonchev–Trinajstić information content (AvgIpc) is 2.88. The van der Waals surface area contributed by atoms with E-state index in [1.807, 2.05) is 6.07 Å². The van der Waals surface area contributed by atoms with Crippen LogP contribution in [0.5, 0.6) is 0 Å². The van der Waals surface area contributed by atoms with E-state index in [1.54, 1.807) is 24.5 Å². The SMILES string of the molecule is CC(C)(C)c1ccc2nc(NC(=O)c3ccncc3)sc2c1. The molecule has 0 aliphatic carbocycles. The van der Waals surface area contributed by atoms with Gasteiger partial charge in [-0.2, -0.15) is 0 Å². The van der Waals surface area contributed by atoms with Gasteiger partial charge in [0, 0.05) is 18.0 Å². The number of pyridine rings is 1. The number of thiazole rings is 1. The molecule has 2 heterocycles. The minimum absolute atomic E-state index is 0.0959. The van der Waals surface area contributed by atoms with Gasteiger partial charge >= 0.3 is 0 Å². The van der Waals surface area contributed by atoms with Crippen LogP contribution >= 0.6 is 11.3 Å². The summed E-state index contributed by atoms with van der Waals surface area (Å²) < 4.78 is 1.08. The lowest BCUT2D eigenvalue weighted by Gasteiger charge is -2.18. The third kappa shape index (κ3) is 2.99. The molecule has 0 spiro atoms. The van der Waals surface area contributed by atoms with Crippen molar-refractivity contribution in [2.75, 3.05) is 5.32 Å². The molecule has 4 nitrogen and oxygen atoms in total. The monoisotopic (exact) mass is 311 g/mol. The van der Waals surface area contributed by atoms with E-state index >= 15 is 0 Å². The van der Waals surface area contributed by atoms with Gasteiger partial charge in [0.2, 0.25) is 0 Å². The van der Waals surface area contributed by atoms with E-state index in [2.05, 4.69) is 48.2 Å². The van der Waals surface area contributed by atoms with Gasteiger partial charge in [0.1, 0.15) is 0 Å². The van der Waals surface area contributed by atoms with E-state index in [9.17, 15) is 4.79 Å². The number of rotatable bonds is 2. The molecule has 3 aromatic rings. The Morgan fingerprint density at radius 1 is 1.14 bits per heavy atom. The summed E-state index contributed by atoms with van der Waals surface area (Å²) in [6.45, 7) is 6.55. The van der Waals surface area contributed by atoms with E-state index in [0.717, 1.165) is 10.2 Å². The Morgan fingerprint density at radius 2 is 1.86 bits per heavy atom. The van der Waals surface area contributed by atoms with Gasteiger partial charge in [0.25, 0.3) is 5.91 Å². The number of hydrogen-bond acceptors (Lipinski definition) is 4. The summed E-state index contributed by atoms with van der Waals surface area (Å²) in [5.41, 5.74) is 2.84. The molecular formula is C17H17N3OS. The Hall–Kier alpha value is -2.27. The van der Waals surface area contributed by atoms with Gasteiger partial charge in [-0.3, -0.25) is 15.1 Å². The molecule has 1 aromatic carbocycles. The second-order valence-electron chi connectivity index (χ2n) is 6.14. The molecule has 0 bridgehead atoms. The third-order valence-corrected chi connectivity index (χ3v) is 4.35. The van der Waals surface area contributed by atoms with Crippen LogP contribution in [0.3, 0.4) is 0 Å². The Kier molecular flexibility index (Phi) is 3.66. The Morgan fingerprint density at radius 3 is 2.55 bits per heavy atom. The first-order valence-electron chi connectivity index (χ1n) is 7.06. The average molecular weight is 311 g/mol. The standard InChI is InChI=1S/C17H17N3OS/c1-17(2,3)12-4-5-13-14(10-12)22-16(19-13)20-15(21)11-6-8-18-9-7-11/h4-10H,1-3H3,(H,19,20,21). The lowest BCUT2D eigenvalue weighted by molar-refractivity contribution is 0.102. The van der Waals surface area contributed by atoms with E-state index < -0.39 is 0 Å². The van der Waals surface area contributed by atoms with Crippen molar-refractivity contribution in [3.63, 3.8) is 0 Å². The number of aromatic nitrogens is 2. The van der Waals surface area contributed by atoms with Crippen molar-refractivity contribution in [2.45, 2.75) is 26.2 Å². The first-order chi connectivity index (χ1) is 10.4. The van der Waals surface area contributed by atoms with Crippen molar-refractivity contribution >= 4 is 32.6 Å². The zero-order valence-corrected chi connectivity index (χ0v) is 13.6. The van der Waals surface area contributed by atoms with Crippen LogP contribution < -0.4 is 5.32 Å². The molecule has 0 radical (unpaired) electrons. The van der Waals surface area contributed by atoms with Crippen molar-refractivity contribution in [3.8, 4) is 0 Å². The number of nitrogens with one attached hydrogen (secondary N) is 1. The molecule has 5 heteroatoms. The van der Waals surface area contributed by atoms with Gasteiger partial charge in [0.15, 0.2) is 5.13 Å². The molecule has 0 atom stereocenters. The van der Waals surface area contributed by atoms with E-state index in [-0.39, 0.29) is 11.3 Å². The van der Waals surface area contributed by atoms with E-state index in [1.165, 1.54) is 16.9 Å². The van der Waals surface area contributed by atoms with Crippen LogP contribution in [0, 0.1) is 0 Å². The largest absolute Gasteiger partial charge is 0.298 e. The number of fused-ring (bicyclic) bond motifs is 1. The van der Waals surface area contributed by atoms with E-state index in [4.69, 9.17) is 0 Å². The molecule has 0 fully saturated rings. The van der Waals surface area contributed by atoms with Gasteiger partial charge in [-0.05, 0) is 35.2 Å². The van der Waals surface area contributed by atoms with Crippen LogP contribution in [0.15, 0.2) is 42.7 Å². The molecular weight excluding hydrogens is 294 g/mol. The third-order valence-electron chi connectivity index (χ3n) is 3.42. The predicted molar refractivity (Wildman–Crippen MR) is 90.5 cm³/mol. The summed E-state index contributed by atoms with van der Waals surface area (Å²) in [4.78, 5) is 20.5. The molecule has 0 saturated carbocycles. The maximum Gasteiger partial charge on any atom is 0.257 e. The van der Waals surface area contributed by atoms with Crippen LogP contribution in [0.2, 0.25) is 0 Å². The van der Waals surface area contributed by atoms with Gasteiger partial charge in [-0.25, -0.2) is 4.98 Å². The molecule has 1 N–H and O–H groups in total. The predicted octanol–water partition coefficient (Wildman–Crippen LogP) is 4.24. The van der Waals surface area contributed by atoms with Gasteiger partial charge in [0.05, 0.1) is 10.2 Å². The quantitative estimate of drug-likeness (QED) is 0.770. The number of amides is 1. The number of carbonyl (C=O) groups excluding carboxylic acids is 1. The summed E-state index contributed by atoms with van der Waals surface area (Å²) in [5.74, 6) is -0.169. The van der Waals surface area contributed by atoms with Gasteiger partial charge in [-0.15, -0.1) is 0 Å². The number of carbonyl (C=O) groups is 1. The van der Waals surface area contributed by atoms with Gasteiger partial charge < -0.3 is 0 Å². The first-order valence-corrected chi connectivity index (χ1v) is 7.87. The molecule has 2 aromatic heterocycles. The normalized spacial score (nSPS) is 11.6. The van der Waals surface area contributed by atoms with Crippen molar-refractivity contribution in [3.05, 3.63) is 53.9 Å². The Bertz CT molecular complexity index is 819. The number of nitrogens with zero attached hydrogens (tertiary/aromatic N) is 2. The molecule has 0 aliphatic heterocycles. The minimum Gasteiger partial charge on any atom is -0.298 e. The topological polar surface area (TPSA) is 54.9 Å². The fraction of sp³-hybridized carbons (Fsp3) is 0.235. The first kappa shape index (κ1) is 14.7. The van der Waals surface area contributed by atoms with Crippen LogP contribution in [0.1, 0.15) is 36.7 Å². The second-order valence-corrected chi connectivity index (χ2v) is 7.17. The lowest BCUT2D eigenvalue weighted by atomic mass is 9.87. The fourth-order valence-corrected chi connectivity index (χ4v) is 3.02. The maximum absolute atomic E-state index is 12.1. The van der Waals surface area contributed by atoms with Crippen LogP contribution in [-0.2, 0) is 5.41 Å². The summed E-state index contributed by atoms with van der Waals surface area (Å²) in [5, 5.41) is 3.46. The summed E-state index contributed by atoms with van der Waals surface area (Å²) in [6, 6.07) is 9.61. The van der Waals surface area contributed by atoms with Gasteiger partial charge in [-0.1, -0.05) is 38.2 Å². The second kappa shape index (κ2) is 5.50. The number of hydrogen-bond donors (Lipinski definition) is 1. The molecule has 1 amide bonds. The minimum atomic E-state index is -0.169. The van der Waals surface area contributed by atoms with Crippen molar-refractivity contribution in [2.24, 2.45) is 0 Å². The Labute approximate surface area is 133 Å². The van der Waals surface area contributed by atoms with Crippen LogP contribution in [-0.4, -0.2) is 15.9 Å². The summed E-state index contributed by atoms with van der Waals surface area (Å²) in [7, 11) is 0. The molecule has 22 heavy (non-hydrogen) atoms. The molecule has 3 rings (SSSR count).